The number of benzene rings is 1. The van der Waals surface area contributed by atoms with Gasteiger partial charge in [0.05, 0.1) is 16.9 Å². The largest absolute Gasteiger partial charge is 0.416 e. The number of carbonyl (C=O) groups is 1. The highest BCUT2D eigenvalue weighted by Crippen LogP contribution is 2.36. The van der Waals surface area contributed by atoms with E-state index in [9.17, 15) is 18.0 Å². The quantitative estimate of drug-likeness (QED) is 0.800. The number of amides is 1. The van der Waals surface area contributed by atoms with Crippen molar-refractivity contribution in [2.45, 2.75) is 38.8 Å². The molecule has 0 saturated carbocycles. The van der Waals surface area contributed by atoms with Gasteiger partial charge in [-0.25, -0.2) is 0 Å². The van der Waals surface area contributed by atoms with Crippen LogP contribution in [0.2, 0.25) is 0 Å². The van der Waals surface area contributed by atoms with E-state index in [0.717, 1.165) is 38.1 Å². The fourth-order valence-electron chi connectivity index (χ4n) is 2.62. The number of hydrogen-bond donors (Lipinski definition) is 2. The molecule has 0 atom stereocenters. The third kappa shape index (κ3) is 4.83. The first-order valence-corrected chi connectivity index (χ1v) is 8.29. The maximum Gasteiger partial charge on any atom is 0.416 e. The third-order valence-corrected chi connectivity index (χ3v) is 3.95. The summed E-state index contributed by atoms with van der Waals surface area (Å²) in [5, 5.41) is 5.24. The number of rotatable bonds is 4. The second-order valence-corrected chi connectivity index (χ2v) is 6.08. The Bertz CT molecular complexity index is 613. The van der Waals surface area contributed by atoms with Crippen LogP contribution >= 0.6 is 12.2 Å². The van der Waals surface area contributed by atoms with Gasteiger partial charge in [-0.2, -0.15) is 13.2 Å². The molecule has 2 rings (SSSR count). The predicted molar refractivity (Wildman–Crippen MR) is 92.2 cm³/mol. The molecule has 1 heterocycles. The molecule has 0 aliphatic carbocycles. The molecule has 132 valence electrons. The summed E-state index contributed by atoms with van der Waals surface area (Å²) in [6.07, 6.45) is -1.47. The van der Waals surface area contributed by atoms with Gasteiger partial charge in [0.1, 0.15) is 0 Å². The van der Waals surface area contributed by atoms with Gasteiger partial charge in [0.15, 0.2) is 5.11 Å². The van der Waals surface area contributed by atoms with Gasteiger partial charge in [-0.05, 0) is 49.7 Å². The average Bonchev–Trinajstić information content (AvgIpc) is 3.00. The van der Waals surface area contributed by atoms with E-state index in [1.165, 1.54) is 6.07 Å². The first-order chi connectivity index (χ1) is 11.3. The summed E-state index contributed by atoms with van der Waals surface area (Å²) in [6.45, 7) is 3.43. The Morgan fingerprint density at radius 1 is 1.29 bits per heavy atom. The second-order valence-electron chi connectivity index (χ2n) is 5.68. The maximum absolute atomic E-state index is 13.0. The standard InChI is InChI=1S/C16H20F3N3OS/c1-2-5-14(23)21-15(24)20-12-10-11(16(17,18)19)6-7-13(12)22-8-3-4-9-22/h6-7,10H,2-5,8-9H2,1H3,(H2,20,21,23,24). The minimum Gasteiger partial charge on any atom is -0.370 e. The fourth-order valence-corrected chi connectivity index (χ4v) is 2.84. The monoisotopic (exact) mass is 359 g/mol. The van der Waals surface area contributed by atoms with Gasteiger partial charge >= 0.3 is 6.18 Å². The lowest BCUT2D eigenvalue weighted by Gasteiger charge is -2.23. The molecule has 8 heteroatoms. The lowest BCUT2D eigenvalue weighted by atomic mass is 10.1. The third-order valence-electron chi connectivity index (χ3n) is 3.75. The summed E-state index contributed by atoms with van der Waals surface area (Å²) >= 11 is 5.05. The Labute approximate surface area is 144 Å². The summed E-state index contributed by atoms with van der Waals surface area (Å²) in [5.74, 6) is -0.260. The van der Waals surface area contributed by atoms with E-state index in [0.29, 0.717) is 18.5 Å². The van der Waals surface area contributed by atoms with Gasteiger partial charge in [-0.3, -0.25) is 4.79 Å². The first-order valence-electron chi connectivity index (χ1n) is 7.88. The van der Waals surface area contributed by atoms with Crippen LogP contribution in [-0.2, 0) is 11.0 Å². The van der Waals surface area contributed by atoms with Crippen molar-refractivity contribution < 1.29 is 18.0 Å². The Morgan fingerprint density at radius 2 is 1.96 bits per heavy atom. The van der Waals surface area contributed by atoms with E-state index in [2.05, 4.69) is 10.6 Å². The molecule has 0 aromatic heterocycles. The van der Waals surface area contributed by atoms with Crippen molar-refractivity contribution in [3.05, 3.63) is 23.8 Å². The smallest absolute Gasteiger partial charge is 0.370 e. The molecule has 0 unspecified atom stereocenters. The van der Waals surface area contributed by atoms with Crippen LogP contribution in [0, 0.1) is 0 Å². The number of thiocarbonyl (C=S) groups is 1. The van der Waals surface area contributed by atoms with Gasteiger partial charge in [0, 0.05) is 19.5 Å². The molecule has 0 spiro atoms. The summed E-state index contributed by atoms with van der Waals surface area (Å²) in [7, 11) is 0. The van der Waals surface area contributed by atoms with Crippen molar-refractivity contribution in [1.29, 1.82) is 0 Å². The highest BCUT2D eigenvalue weighted by molar-refractivity contribution is 7.80. The van der Waals surface area contributed by atoms with Crippen LogP contribution in [0.5, 0.6) is 0 Å². The van der Waals surface area contributed by atoms with E-state index in [1.807, 2.05) is 11.8 Å². The van der Waals surface area contributed by atoms with Crippen molar-refractivity contribution in [3.8, 4) is 0 Å². The summed E-state index contributed by atoms with van der Waals surface area (Å²) in [6, 6.07) is 3.55. The number of alkyl halides is 3. The van der Waals surface area contributed by atoms with Crippen LogP contribution in [-0.4, -0.2) is 24.1 Å². The van der Waals surface area contributed by atoms with Crippen LogP contribution in [0.15, 0.2) is 18.2 Å². The Balaban J connectivity index is 2.23. The molecule has 1 aliphatic heterocycles. The molecule has 1 fully saturated rings. The zero-order valence-corrected chi connectivity index (χ0v) is 14.2. The maximum atomic E-state index is 13.0. The van der Waals surface area contributed by atoms with Gasteiger partial charge in [-0.1, -0.05) is 6.92 Å². The molecular weight excluding hydrogens is 339 g/mol. The van der Waals surface area contributed by atoms with E-state index in [4.69, 9.17) is 12.2 Å². The molecule has 24 heavy (non-hydrogen) atoms. The normalized spacial score (nSPS) is 14.6. The van der Waals surface area contributed by atoms with E-state index in [-0.39, 0.29) is 16.7 Å². The Hall–Kier alpha value is -1.83. The van der Waals surface area contributed by atoms with Crippen molar-refractivity contribution in [3.63, 3.8) is 0 Å². The van der Waals surface area contributed by atoms with E-state index >= 15 is 0 Å². The second kappa shape index (κ2) is 7.83. The van der Waals surface area contributed by atoms with Crippen molar-refractivity contribution in [2.24, 2.45) is 0 Å². The highest BCUT2D eigenvalue weighted by atomic mass is 32.1. The number of nitrogens with zero attached hydrogens (tertiary/aromatic N) is 1. The fraction of sp³-hybridized carbons (Fsp3) is 0.500. The van der Waals surface area contributed by atoms with Crippen LogP contribution in [0.25, 0.3) is 0 Å². The van der Waals surface area contributed by atoms with Crippen molar-refractivity contribution >= 4 is 34.6 Å². The number of halogens is 3. The molecule has 4 nitrogen and oxygen atoms in total. The first kappa shape index (κ1) is 18.5. The Morgan fingerprint density at radius 3 is 2.54 bits per heavy atom. The van der Waals surface area contributed by atoms with Crippen LogP contribution in [0.4, 0.5) is 24.5 Å². The van der Waals surface area contributed by atoms with E-state index < -0.39 is 11.7 Å². The number of nitrogens with one attached hydrogen (secondary N) is 2. The zero-order chi connectivity index (χ0) is 17.7. The lowest BCUT2D eigenvalue weighted by Crippen LogP contribution is -2.34. The lowest BCUT2D eigenvalue weighted by molar-refractivity contribution is -0.137. The van der Waals surface area contributed by atoms with Crippen molar-refractivity contribution in [1.82, 2.24) is 5.32 Å². The van der Waals surface area contributed by atoms with Crippen LogP contribution < -0.4 is 15.5 Å². The van der Waals surface area contributed by atoms with Gasteiger partial charge in [0.25, 0.3) is 0 Å². The van der Waals surface area contributed by atoms with Gasteiger partial charge in [0.2, 0.25) is 5.91 Å². The molecule has 1 saturated heterocycles. The summed E-state index contributed by atoms with van der Waals surface area (Å²) < 4.78 is 38.9. The van der Waals surface area contributed by atoms with Crippen molar-refractivity contribution in [2.75, 3.05) is 23.3 Å². The molecular formula is C16H20F3N3OS. The van der Waals surface area contributed by atoms with Gasteiger partial charge < -0.3 is 15.5 Å². The SMILES string of the molecule is CCCC(=O)NC(=S)Nc1cc(C(F)(F)F)ccc1N1CCCC1. The predicted octanol–water partition coefficient (Wildman–Crippen LogP) is 3.92. The topological polar surface area (TPSA) is 44.4 Å². The number of carbonyl (C=O) groups excluding carboxylic acids is 1. The molecule has 0 radical (unpaired) electrons. The summed E-state index contributed by atoms with van der Waals surface area (Å²) in [4.78, 5) is 13.6. The molecule has 1 amide bonds. The van der Waals surface area contributed by atoms with Gasteiger partial charge in [-0.15, -0.1) is 0 Å². The molecule has 1 aliphatic rings. The average molecular weight is 359 g/mol. The zero-order valence-electron chi connectivity index (χ0n) is 13.4. The molecule has 2 N–H and O–H groups in total. The number of anilines is 2. The van der Waals surface area contributed by atoms with Crippen LogP contribution in [0.3, 0.4) is 0 Å². The van der Waals surface area contributed by atoms with Crippen LogP contribution in [0.1, 0.15) is 38.2 Å². The molecule has 1 aromatic rings. The highest BCUT2D eigenvalue weighted by Gasteiger charge is 2.31. The minimum absolute atomic E-state index is 0.00761. The molecule has 0 bridgehead atoms. The van der Waals surface area contributed by atoms with E-state index in [1.54, 1.807) is 0 Å². The Kier molecular flexibility index (Phi) is 6.04. The minimum atomic E-state index is -4.44. The summed E-state index contributed by atoms with van der Waals surface area (Å²) in [5.41, 5.74) is 0.164. The number of hydrogen-bond acceptors (Lipinski definition) is 3. The molecule has 1 aromatic carbocycles.